The van der Waals surface area contributed by atoms with E-state index < -0.39 is 0 Å². The van der Waals surface area contributed by atoms with Gasteiger partial charge in [0.15, 0.2) is 5.96 Å². The SMILES string of the molecule is CCNC(=NCCCN1CCN(c2ncccn2)CC1)NC1CC=CC1. The van der Waals surface area contributed by atoms with Crippen LogP contribution in [0.15, 0.2) is 35.6 Å². The fraction of sp³-hybridized carbons (Fsp3) is 0.632. The summed E-state index contributed by atoms with van der Waals surface area (Å²) in [5.74, 6) is 1.80. The van der Waals surface area contributed by atoms with Crippen LogP contribution in [0, 0.1) is 0 Å². The van der Waals surface area contributed by atoms with Crippen molar-refractivity contribution in [3.05, 3.63) is 30.6 Å². The van der Waals surface area contributed by atoms with Crippen LogP contribution in [0.1, 0.15) is 26.2 Å². The number of piperazine rings is 1. The van der Waals surface area contributed by atoms with E-state index in [-0.39, 0.29) is 0 Å². The van der Waals surface area contributed by atoms with Crippen LogP contribution < -0.4 is 15.5 Å². The number of aliphatic imine (C=N–C) groups is 1. The predicted octanol–water partition coefficient (Wildman–Crippen LogP) is 1.26. The highest BCUT2D eigenvalue weighted by atomic mass is 15.3. The Morgan fingerprint density at radius 3 is 2.58 bits per heavy atom. The third-order valence-corrected chi connectivity index (χ3v) is 4.80. The Morgan fingerprint density at radius 1 is 1.15 bits per heavy atom. The summed E-state index contributed by atoms with van der Waals surface area (Å²) >= 11 is 0. The van der Waals surface area contributed by atoms with Gasteiger partial charge in [-0.3, -0.25) is 9.89 Å². The molecule has 0 atom stereocenters. The fourth-order valence-corrected chi connectivity index (χ4v) is 3.36. The summed E-state index contributed by atoms with van der Waals surface area (Å²) in [4.78, 5) is 18.2. The van der Waals surface area contributed by atoms with Crippen molar-refractivity contribution in [1.29, 1.82) is 0 Å². The van der Waals surface area contributed by atoms with E-state index >= 15 is 0 Å². The van der Waals surface area contributed by atoms with Crippen LogP contribution in [0.25, 0.3) is 0 Å². The lowest BCUT2D eigenvalue weighted by atomic mass is 10.2. The monoisotopic (exact) mass is 357 g/mol. The molecule has 2 aliphatic rings. The van der Waals surface area contributed by atoms with Gasteiger partial charge in [0.05, 0.1) is 0 Å². The van der Waals surface area contributed by atoms with Crippen molar-refractivity contribution in [1.82, 2.24) is 25.5 Å². The molecule has 1 aliphatic carbocycles. The molecule has 2 N–H and O–H groups in total. The van der Waals surface area contributed by atoms with Crippen LogP contribution in [-0.4, -0.2) is 72.7 Å². The quantitative estimate of drug-likeness (QED) is 0.331. The highest BCUT2D eigenvalue weighted by molar-refractivity contribution is 5.80. The lowest BCUT2D eigenvalue weighted by Crippen LogP contribution is -2.47. The largest absolute Gasteiger partial charge is 0.357 e. The molecule has 0 amide bonds. The maximum absolute atomic E-state index is 4.73. The predicted molar refractivity (Wildman–Crippen MR) is 107 cm³/mol. The summed E-state index contributed by atoms with van der Waals surface area (Å²) in [6, 6.07) is 2.36. The molecular formula is C19H31N7. The standard InChI is InChI=1S/C19H31N7/c1-2-20-18(24-17-7-3-4-8-17)21-11-6-12-25-13-15-26(16-14-25)19-22-9-5-10-23-19/h3-5,9-10,17H,2,6-8,11-16H2,1H3,(H2,20,21,24). The first-order valence-electron chi connectivity index (χ1n) is 9.79. The molecule has 0 unspecified atom stereocenters. The van der Waals surface area contributed by atoms with Crippen LogP contribution in [0.5, 0.6) is 0 Å². The highest BCUT2D eigenvalue weighted by Crippen LogP contribution is 2.10. The summed E-state index contributed by atoms with van der Waals surface area (Å²) in [7, 11) is 0. The number of nitrogens with one attached hydrogen (secondary N) is 2. The Balaban J connectivity index is 1.35. The minimum absolute atomic E-state index is 0.501. The first-order valence-corrected chi connectivity index (χ1v) is 9.79. The third kappa shape index (κ3) is 5.69. The van der Waals surface area contributed by atoms with Crippen LogP contribution in [0.4, 0.5) is 5.95 Å². The second-order valence-electron chi connectivity index (χ2n) is 6.78. The van der Waals surface area contributed by atoms with Crippen LogP contribution in [-0.2, 0) is 0 Å². The summed E-state index contributed by atoms with van der Waals surface area (Å²) in [6.45, 7) is 9.07. The molecule has 0 radical (unpaired) electrons. The maximum atomic E-state index is 4.73. The highest BCUT2D eigenvalue weighted by Gasteiger charge is 2.18. The molecule has 0 spiro atoms. The molecule has 3 rings (SSSR count). The second kappa shape index (κ2) is 10.1. The lowest BCUT2D eigenvalue weighted by molar-refractivity contribution is 0.255. The Morgan fingerprint density at radius 2 is 1.88 bits per heavy atom. The molecular weight excluding hydrogens is 326 g/mol. The van der Waals surface area contributed by atoms with E-state index in [9.17, 15) is 0 Å². The van der Waals surface area contributed by atoms with E-state index in [1.54, 1.807) is 0 Å². The molecule has 7 heteroatoms. The number of hydrogen-bond donors (Lipinski definition) is 2. The van der Waals surface area contributed by atoms with Gasteiger partial charge in [-0.1, -0.05) is 12.2 Å². The van der Waals surface area contributed by atoms with Gasteiger partial charge in [-0.05, 0) is 32.3 Å². The van der Waals surface area contributed by atoms with Crippen molar-refractivity contribution < 1.29 is 0 Å². The summed E-state index contributed by atoms with van der Waals surface area (Å²) in [5, 5.41) is 6.87. The molecule has 1 aliphatic heterocycles. The Labute approximate surface area is 156 Å². The average Bonchev–Trinajstić information content (AvgIpc) is 3.19. The molecule has 1 saturated heterocycles. The molecule has 142 valence electrons. The zero-order valence-corrected chi connectivity index (χ0v) is 15.8. The van der Waals surface area contributed by atoms with E-state index in [0.717, 1.165) is 77.0 Å². The number of aromatic nitrogens is 2. The van der Waals surface area contributed by atoms with Gasteiger partial charge in [-0.15, -0.1) is 0 Å². The number of anilines is 1. The van der Waals surface area contributed by atoms with Gasteiger partial charge in [-0.25, -0.2) is 9.97 Å². The molecule has 0 saturated carbocycles. The first-order chi connectivity index (χ1) is 12.8. The number of guanidine groups is 1. The molecule has 2 heterocycles. The van der Waals surface area contributed by atoms with Crippen molar-refractivity contribution in [3.8, 4) is 0 Å². The number of nitrogens with zero attached hydrogens (tertiary/aromatic N) is 5. The lowest BCUT2D eigenvalue weighted by Gasteiger charge is -2.34. The minimum Gasteiger partial charge on any atom is -0.357 e. The Hall–Kier alpha value is -2.15. The molecule has 0 aromatic carbocycles. The topological polar surface area (TPSA) is 68.7 Å². The summed E-state index contributed by atoms with van der Waals surface area (Å²) < 4.78 is 0. The van der Waals surface area contributed by atoms with Crippen molar-refractivity contribution in [2.45, 2.75) is 32.2 Å². The van der Waals surface area contributed by atoms with Crippen LogP contribution in [0.3, 0.4) is 0 Å². The zero-order chi connectivity index (χ0) is 18.0. The Kier molecular flexibility index (Phi) is 7.25. The molecule has 1 fully saturated rings. The van der Waals surface area contributed by atoms with Crippen molar-refractivity contribution in [2.75, 3.05) is 50.7 Å². The van der Waals surface area contributed by atoms with Gasteiger partial charge in [0.1, 0.15) is 0 Å². The van der Waals surface area contributed by atoms with Gasteiger partial charge in [0.25, 0.3) is 0 Å². The molecule has 1 aromatic rings. The van der Waals surface area contributed by atoms with Gasteiger partial charge in [0, 0.05) is 64.2 Å². The van der Waals surface area contributed by atoms with E-state index in [4.69, 9.17) is 4.99 Å². The minimum atomic E-state index is 0.501. The van der Waals surface area contributed by atoms with Crippen molar-refractivity contribution >= 4 is 11.9 Å². The second-order valence-corrected chi connectivity index (χ2v) is 6.78. The van der Waals surface area contributed by atoms with E-state index in [0.29, 0.717) is 6.04 Å². The smallest absolute Gasteiger partial charge is 0.225 e. The normalized spacial score (nSPS) is 19.1. The maximum Gasteiger partial charge on any atom is 0.225 e. The van der Waals surface area contributed by atoms with Gasteiger partial charge in [0.2, 0.25) is 5.95 Å². The summed E-state index contributed by atoms with van der Waals surface area (Å²) in [6.07, 6.45) is 11.4. The van der Waals surface area contributed by atoms with E-state index in [2.05, 4.69) is 49.5 Å². The van der Waals surface area contributed by atoms with E-state index in [1.165, 1.54) is 0 Å². The van der Waals surface area contributed by atoms with Gasteiger partial charge in [-0.2, -0.15) is 0 Å². The van der Waals surface area contributed by atoms with Gasteiger partial charge < -0.3 is 15.5 Å². The molecule has 7 nitrogen and oxygen atoms in total. The molecule has 26 heavy (non-hydrogen) atoms. The van der Waals surface area contributed by atoms with Crippen molar-refractivity contribution in [3.63, 3.8) is 0 Å². The number of rotatable bonds is 7. The summed E-state index contributed by atoms with van der Waals surface area (Å²) in [5.41, 5.74) is 0. The van der Waals surface area contributed by atoms with Crippen LogP contribution in [0.2, 0.25) is 0 Å². The number of hydrogen-bond acceptors (Lipinski definition) is 5. The van der Waals surface area contributed by atoms with Gasteiger partial charge >= 0.3 is 0 Å². The average molecular weight is 358 g/mol. The van der Waals surface area contributed by atoms with E-state index in [1.807, 2.05) is 18.5 Å². The molecule has 1 aromatic heterocycles. The molecule has 0 bridgehead atoms. The Bertz CT molecular complexity index is 571. The van der Waals surface area contributed by atoms with Crippen molar-refractivity contribution in [2.24, 2.45) is 4.99 Å². The first kappa shape index (κ1) is 18.6. The van der Waals surface area contributed by atoms with Crippen LogP contribution >= 0.6 is 0 Å². The third-order valence-electron chi connectivity index (χ3n) is 4.80. The fourth-order valence-electron chi connectivity index (χ4n) is 3.36. The zero-order valence-electron chi connectivity index (χ0n) is 15.8.